The molecule has 0 aliphatic carbocycles. The third-order valence-electron chi connectivity index (χ3n) is 3.54. The Hall–Kier alpha value is -2.35. The molecule has 0 aliphatic rings. The smallest absolute Gasteiger partial charge is 0.253 e. The molecule has 2 N–H and O–H groups in total. The molecule has 8 heteroatoms. The summed E-state index contributed by atoms with van der Waals surface area (Å²) in [5, 5.41) is 4.83. The fraction of sp³-hybridized carbons (Fsp3) is 0.0588. The quantitative estimate of drug-likeness (QED) is 0.502. The normalized spacial score (nSPS) is 10.9. The van der Waals surface area contributed by atoms with Crippen LogP contribution in [0.4, 0.5) is 0 Å². The standard InChI is InChI=1S/C17H12ClN3O2S2/c18-15-4-3-13(25-15)11-7-19-8-12(11)16(22)20-6-10-9-23-17(21-10)14-2-1-5-24-14/h1-5,7-9,19H,6H2,(H,20,22). The molecule has 4 heterocycles. The molecule has 4 aromatic heterocycles. The topological polar surface area (TPSA) is 70.9 Å². The van der Waals surface area contributed by atoms with Crippen molar-refractivity contribution in [1.29, 1.82) is 0 Å². The van der Waals surface area contributed by atoms with E-state index < -0.39 is 0 Å². The number of nitrogens with zero attached hydrogens (tertiary/aromatic N) is 1. The van der Waals surface area contributed by atoms with Crippen molar-refractivity contribution >= 4 is 40.2 Å². The molecule has 25 heavy (non-hydrogen) atoms. The molecule has 0 spiro atoms. The molecule has 0 fully saturated rings. The minimum absolute atomic E-state index is 0.179. The highest BCUT2D eigenvalue weighted by molar-refractivity contribution is 7.19. The number of aromatic nitrogens is 2. The molecule has 0 saturated carbocycles. The summed E-state index contributed by atoms with van der Waals surface area (Å²) in [5.74, 6) is 0.385. The number of nitrogens with one attached hydrogen (secondary N) is 2. The SMILES string of the molecule is O=C(NCc1coc(-c2cccs2)n1)c1c[nH]cc1-c1ccc(Cl)s1. The number of aromatic amines is 1. The number of oxazole rings is 1. The summed E-state index contributed by atoms with van der Waals surface area (Å²) in [4.78, 5) is 21.8. The largest absolute Gasteiger partial charge is 0.443 e. The van der Waals surface area contributed by atoms with Gasteiger partial charge in [0.2, 0.25) is 5.89 Å². The summed E-state index contributed by atoms with van der Waals surface area (Å²) < 4.78 is 6.14. The lowest BCUT2D eigenvalue weighted by atomic mass is 10.1. The van der Waals surface area contributed by atoms with E-state index in [9.17, 15) is 4.79 Å². The first-order chi connectivity index (χ1) is 12.2. The average molecular weight is 390 g/mol. The highest BCUT2D eigenvalue weighted by Crippen LogP contribution is 2.33. The van der Waals surface area contributed by atoms with Gasteiger partial charge < -0.3 is 14.7 Å². The molecule has 0 radical (unpaired) electrons. The molecule has 0 unspecified atom stereocenters. The van der Waals surface area contributed by atoms with Gasteiger partial charge in [-0.3, -0.25) is 4.79 Å². The molecule has 0 aliphatic heterocycles. The Labute approximate surface area is 156 Å². The maximum Gasteiger partial charge on any atom is 0.253 e. The van der Waals surface area contributed by atoms with Gasteiger partial charge in [-0.25, -0.2) is 4.98 Å². The molecule has 0 atom stereocenters. The third-order valence-corrected chi connectivity index (χ3v) is 5.66. The number of carbonyl (C=O) groups is 1. The first kappa shape index (κ1) is 16.1. The van der Waals surface area contributed by atoms with Crippen LogP contribution in [0.15, 0.2) is 52.7 Å². The van der Waals surface area contributed by atoms with Gasteiger partial charge in [-0.15, -0.1) is 22.7 Å². The zero-order valence-corrected chi connectivity index (χ0v) is 15.2. The van der Waals surface area contributed by atoms with Gasteiger partial charge in [0.15, 0.2) is 0 Å². The molecule has 0 saturated heterocycles. The summed E-state index contributed by atoms with van der Waals surface area (Å²) in [6.45, 7) is 0.295. The van der Waals surface area contributed by atoms with Crippen LogP contribution in [0.3, 0.4) is 0 Å². The number of halogens is 1. The van der Waals surface area contributed by atoms with Crippen molar-refractivity contribution < 1.29 is 9.21 Å². The zero-order valence-electron chi connectivity index (χ0n) is 12.8. The van der Waals surface area contributed by atoms with Crippen LogP contribution in [-0.2, 0) is 6.54 Å². The highest BCUT2D eigenvalue weighted by Gasteiger charge is 2.16. The Kier molecular flexibility index (Phi) is 4.44. The van der Waals surface area contributed by atoms with Crippen LogP contribution in [0.1, 0.15) is 16.1 Å². The summed E-state index contributed by atoms with van der Waals surface area (Å²) >= 11 is 8.97. The number of rotatable bonds is 5. The fourth-order valence-corrected chi connectivity index (χ4v) is 4.11. The predicted molar refractivity (Wildman–Crippen MR) is 100 cm³/mol. The molecule has 4 rings (SSSR count). The van der Waals surface area contributed by atoms with E-state index in [0.29, 0.717) is 28.0 Å². The summed E-state index contributed by atoms with van der Waals surface area (Å²) in [5.41, 5.74) is 2.07. The van der Waals surface area contributed by atoms with Gasteiger partial charge in [0.05, 0.1) is 27.0 Å². The van der Waals surface area contributed by atoms with Crippen molar-refractivity contribution in [2.45, 2.75) is 6.54 Å². The maximum atomic E-state index is 12.5. The third kappa shape index (κ3) is 3.39. The van der Waals surface area contributed by atoms with Crippen molar-refractivity contribution in [3.05, 3.63) is 63.9 Å². The van der Waals surface area contributed by atoms with Gasteiger partial charge in [0.25, 0.3) is 5.91 Å². The number of carbonyl (C=O) groups excluding carboxylic acids is 1. The van der Waals surface area contributed by atoms with Gasteiger partial charge in [-0.05, 0) is 23.6 Å². The van der Waals surface area contributed by atoms with Crippen molar-refractivity contribution in [2.75, 3.05) is 0 Å². The monoisotopic (exact) mass is 389 g/mol. The first-order valence-corrected chi connectivity index (χ1v) is 9.47. The van der Waals surface area contributed by atoms with Gasteiger partial charge in [0.1, 0.15) is 6.26 Å². The summed E-state index contributed by atoms with van der Waals surface area (Å²) in [6.07, 6.45) is 5.03. The fourth-order valence-electron chi connectivity index (χ4n) is 2.38. The number of thiophene rings is 2. The van der Waals surface area contributed by atoms with Crippen LogP contribution in [0, 0.1) is 0 Å². The second-order valence-corrected chi connectivity index (χ2v) is 7.85. The van der Waals surface area contributed by atoms with Crippen LogP contribution in [-0.4, -0.2) is 15.9 Å². The second-order valence-electron chi connectivity index (χ2n) is 5.19. The molecular formula is C17H12ClN3O2S2. The van der Waals surface area contributed by atoms with E-state index in [4.69, 9.17) is 16.0 Å². The predicted octanol–water partition coefficient (Wildman–Crippen LogP) is 5.04. The Morgan fingerprint density at radius 3 is 2.96 bits per heavy atom. The van der Waals surface area contributed by atoms with Crippen LogP contribution in [0.5, 0.6) is 0 Å². The number of hydrogen-bond acceptors (Lipinski definition) is 5. The second kappa shape index (κ2) is 6.87. The summed E-state index contributed by atoms with van der Waals surface area (Å²) in [6, 6.07) is 7.60. The molecular weight excluding hydrogens is 378 g/mol. The lowest BCUT2D eigenvalue weighted by Crippen LogP contribution is -2.23. The minimum Gasteiger partial charge on any atom is -0.443 e. The molecule has 0 aromatic carbocycles. The number of amides is 1. The number of hydrogen-bond donors (Lipinski definition) is 2. The Balaban J connectivity index is 1.46. The maximum absolute atomic E-state index is 12.5. The van der Waals surface area contributed by atoms with E-state index in [0.717, 1.165) is 15.3 Å². The van der Waals surface area contributed by atoms with Gasteiger partial charge in [-0.2, -0.15) is 0 Å². The van der Waals surface area contributed by atoms with Gasteiger partial charge in [-0.1, -0.05) is 17.7 Å². The zero-order chi connectivity index (χ0) is 17.2. The lowest BCUT2D eigenvalue weighted by Gasteiger charge is -2.03. The van der Waals surface area contributed by atoms with Crippen LogP contribution in [0.2, 0.25) is 4.34 Å². The van der Waals surface area contributed by atoms with Crippen LogP contribution in [0.25, 0.3) is 21.2 Å². The van der Waals surface area contributed by atoms with Gasteiger partial charge in [0, 0.05) is 22.8 Å². The minimum atomic E-state index is -0.179. The number of H-pyrrole nitrogens is 1. The van der Waals surface area contributed by atoms with E-state index >= 15 is 0 Å². The van der Waals surface area contributed by atoms with Crippen molar-refractivity contribution in [3.8, 4) is 21.2 Å². The van der Waals surface area contributed by atoms with E-state index in [1.807, 2.05) is 29.6 Å². The highest BCUT2D eigenvalue weighted by atomic mass is 35.5. The Morgan fingerprint density at radius 2 is 2.20 bits per heavy atom. The van der Waals surface area contributed by atoms with Crippen LogP contribution < -0.4 is 5.32 Å². The molecule has 4 aromatic rings. The summed E-state index contributed by atoms with van der Waals surface area (Å²) in [7, 11) is 0. The Bertz CT molecular complexity index is 1000. The van der Waals surface area contributed by atoms with Crippen molar-refractivity contribution in [3.63, 3.8) is 0 Å². The lowest BCUT2D eigenvalue weighted by molar-refractivity contribution is 0.0951. The molecule has 1 amide bonds. The first-order valence-electron chi connectivity index (χ1n) is 7.39. The Morgan fingerprint density at radius 1 is 1.28 bits per heavy atom. The van der Waals surface area contributed by atoms with Crippen molar-refractivity contribution in [2.24, 2.45) is 0 Å². The van der Waals surface area contributed by atoms with Gasteiger partial charge >= 0.3 is 0 Å². The van der Waals surface area contributed by atoms with Crippen molar-refractivity contribution in [1.82, 2.24) is 15.3 Å². The van der Waals surface area contributed by atoms with Crippen LogP contribution >= 0.6 is 34.3 Å². The van der Waals surface area contributed by atoms with E-state index in [1.54, 1.807) is 30.0 Å². The molecule has 0 bridgehead atoms. The molecule has 5 nitrogen and oxygen atoms in total. The van der Waals surface area contributed by atoms with E-state index in [2.05, 4.69) is 15.3 Å². The van der Waals surface area contributed by atoms with E-state index in [-0.39, 0.29) is 5.91 Å². The van der Waals surface area contributed by atoms with E-state index in [1.165, 1.54) is 11.3 Å². The molecule has 126 valence electrons. The average Bonchev–Trinajstić information content (AvgIpc) is 3.38.